The first kappa shape index (κ1) is 23.1. The minimum absolute atomic E-state index is 0.166. The number of benzene rings is 3. The van der Waals surface area contributed by atoms with E-state index >= 15 is 0 Å². The highest BCUT2D eigenvalue weighted by Crippen LogP contribution is 2.32. The van der Waals surface area contributed by atoms with Gasteiger partial charge in [-0.05, 0) is 63.4 Å². The number of aromatic nitrogens is 3. The fourth-order valence-corrected chi connectivity index (χ4v) is 3.70. The Morgan fingerprint density at radius 3 is 1.22 bits per heavy atom. The molecule has 4 nitrogen and oxygen atoms in total. The smallest absolute Gasteiger partial charge is 0.167 e. The molecule has 0 radical (unpaired) electrons. The van der Waals surface area contributed by atoms with Gasteiger partial charge in [0.05, 0.1) is 5.56 Å². The minimum atomic E-state index is 0.166. The Bertz CT molecular complexity index is 1090. The van der Waals surface area contributed by atoms with Gasteiger partial charge in [-0.2, -0.15) is 0 Å². The lowest BCUT2D eigenvalue weighted by molar-refractivity contribution is 0.476. The molecule has 0 aliphatic heterocycles. The molecule has 0 atom stereocenters. The fourth-order valence-electron chi connectivity index (χ4n) is 3.70. The summed E-state index contributed by atoms with van der Waals surface area (Å²) in [7, 11) is 0. The summed E-state index contributed by atoms with van der Waals surface area (Å²) in [5, 5.41) is 10.5. The summed E-state index contributed by atoms with van der Waals surface area (Å²) in [6, 6.07) is 18.0. The highest BCUT2D eigenvalue weighted by Gasteiger charge is 2.16. The number of aryl methyl sites for hydroxylation is 5. The Labute approximate surface area is 191 Å². The summed E-state index contributed by atoms with van der Waals surface area (Å²) in [4.78, 5) is 14.3. The zero-order valence-corrected chi connectivity index (χ0v) is 20.0. The van der Waals surface area contributed by atoms with Gasteiger partial charge >= 0.3 is 0 Å². The van der Waals surface area contributed by atoms with E-state index in [1.54, 1.807) is 6.07 Å². The summed E-state index contributed by atoms with van der Waals surface area (Å²) >= 11 is 0. The van der Waals surface area contributed by atoms with Gasteiger partial charge in [-0.3, -0.25) is 0 Å². The maximum atomic E-state index is 10.5. The van der Waals surface area contributed by atoms with E-state index in [4.69, 9.17) is 15.0 Å². The van der Waals surface area contributed by atoms with Gasteiger partial charge in [-0.25, -0.2) is 15.0 Å². The molecule has 0 fully saturated rings. The topological polar surface area (TPSA) is 58.9 Å². The third kappa shape index (κ3) is 4.86. The monoisotopic (exact) mass is 425 g/mol. The summed E-state index contributed by atoms with van der Waals surface area (Å²) in [5.41, 5.74) is 8.09. The average molecular weight is 426 g/mol. The van der Waals surface area contributed by atoms with Crippen LogP contribution in [0.25, 0.3) is 34.2 Å². The largest absolute Gasteiger partial charge is 0.507 e. The molecule has 1 heterocycles. The summed E-state index contributed by atoms with van der Waals surface area (Å²) < 4.78 is 0. The predicted molar refractivity (Wildman–Crippen MR) is 133 cm³/mol. The Balaban J connectivity index is 0.00000141. The molecule has 0 bridgehead atoms. The van der Waals surface area contributed by atoms with Crippen molar-refractivity contribution in [1.29, 1.82) is 0 Å². The molecule has 4 rings (SSSR count). The van der Waals surface area contributed by atoms with E-state index in [0.717, 1.165) is 27.8 Å². The molecule has 4 heteroatoms. The molecule has 164 valence electrons. The summed E-state index contributed by atoms with van der Waals surface area (Å²) in [6.07, 6.45) is 0. The van der Waals surface area contributed by atoms with E-state index in [2.05, 4.69) is 52.0 Å². The number of nitrogens with zero attached hydrogens (tertiary/aromatic N) is 3. The molecular weight excluding hydrogens is 394 g/mol. The Kier molecular flexibility index (Phi) is 7.04. The first-order valence-electron chi connectivity index (χ1n) is 11.0. The molecule has 0 spiro atoms. The van der Waals surface area contributed by atoms with E-state index in [-0.39, 0.29) is 5.75 Å². The first-order valence-corrected chi connectivity index (χ1v) is 11.0. The second-order valence-electron chi connectivity index (χ2n) is 7.96. The zero-order chi connectivity index (χ0) is 23.4. The van der Waals surface area contributed by atoms with E-state index in [0.29, 0.717) is 23.0 Å². The fraction of sp³-hybridized carbons (Fsp3) is 0.250. The molecular formula is C28H31N3O. The van der Waals surface area contributed by atoms with Crippen molar-refractivity contribution >= 4 is 0 Å². The van der Waals surface area contributed by atoms with Crippen LogP contribution in [0, 0.1) is 34.6 Å². The molecule has 0 aliphatic rings. The van der Waals surface area contributed by atoms with Crippen LogP contribution in [0.3, 0.4) is 0 Å². The number of phenolic OH excluding ortho intramolecular Hbond substituents is 1. The number of hydrogen-bond donors (Lipinski definition) is 1. The highest BCUT2D eigenvalue weighted by molar-refractivity contribution is 5.72. The van der Waals surface area contributed by atoms with Crippen LogP contribution in [0.2, 0.25) is 0 Å². The third-order valence-corrected chi connectivity index (χ3v) is 5.28. The predicted octanol–water partition coefficient (Wildman–Crippen LogP) is 7.15. The Morgan fingerprint density at radius 2 is 0.844 bits per heavy atom. The number of rotatable bonds is 3. The van der Waals surface area contributed by atoms with Crippen LogP contribution in [0.5, 0.6) is 5.75 Å². The van der Waals surface area contributed by atoms with E-state index in [1.807, 2.05) is 45.0 Å². The SMILES string of the molecule is CC.Cc1ccc(-c2nc(-c3ccc(C)cc3C)nc(-c3ccc(C)cc3O)n2)c(C)c1. The number of phenols is 1. The molecule has 1 aromatic heterocycles. The minimum Gasteiger partial charge on any atom is -0.507 e. The van der Waals surface area contributed by atoms with Crippen LogP contribution in [0.1, 0.15) is 41.7 Å². The van der Waals surface area contributed by atoms with E-state index in [9.17, 15) is 5.11 Å². The van der Waals surface area contributed by atoms with Gasteiger partial charge in [0.2, 0.25) is 0 Å². The second-order valence-corrected chi connectivity index (χ2v) is 7.96. The van der Waals surface area contributed by atoms with Gasteiger partial charge in [0.25, 0.3) is 0 Å². The van der Waals surface area contributed by atoms with Crippen molar-refractivity contribution in [2.45, 2.75) is 48.5 Å². The molecule has 1 N–H and O–H groups in total. The van der Waals surface area contributed by atoms with Crippen molar-refractivity contribution in [3.63, 3.8) is 0 Å². The van der Waals surface area contributed by atoms with Gasteiger partial charge in [0.1, 0.15) is 5.75 Å². The summed E-state index contributed by atoms with van der Waals surface area (Å²) in [6.45, 7) is 14.2. The lowest BCUT2D eigenvalue weighted by atomic mass is 10.0. The van der Waals surface area contributed by atoms with Gasteiger partial charge in [-0.1, -0.05) is 67.4 Å². The van der Waals surface area contributed by atoms with Crippen LogP contribution in [-0.4, -0.2) is 20.1 Å². The zero-order valence-electron chi connectivity index (χ0n) is 20.0. The lowest BCUT2D eigenvalue weighted by Crippen LogP contribution is -2.02. The molecule has 32 heavy (non-hydrogen) atoms. The Morgan fingerprint density at radius 1 is 0.500 bits per heavy atom. The molecule has 4 aromatic rings. The van der Waals surface area contributed by atoms with Gasteiger partial charge in [0, 0.05) is 11.1 Å². The average Bonchev–Trinajstić information content (AvgIpc) is 2.75. The van der Waals surface area contributed by atoms with Gasteiger partial charge in [-0.15, -0.1) is 0 Å². The molecule has 0 aliphatic carbocycles. The van der Waals surface area contributed by atoms with Gasteiger partial charge in [0.15, 0.2) is 17.5 Å². The maximum Gasteiger partial charge on any atom is 0.167 e. The van der Waals surface area contributed by atoms with E-state index in [1.165, 1.54) is 11.1 Å². The van der Waals surface area contributed by atoms with Crippen molar-refractivity contribution in [1.82, 2.24) is 15.0 Å². The lowest BCUT2D eigenvalue weighted by Gasteiger charge is -2.12. The van der Waals surface area contributed by atoms with Crippen molar-refractivity contribution < 1.29 is 5.11 Å². The highest BCUT2D eigenvalue weighted by atomic mass is 16.3. The van der Waals surface area contributed by atoms with Crippen molar-refractivity contribution in [3.05, 3.63) is 82.4 Å². The third-order valence-electron chi connectivity index (χ3n) is 5.28. The van der Waals surface area contributed by atoms with Crippen LogP contribution in [-0.2, 0) is 0 Å². The maximum absolute atomic E-state index is 10.5. The van der Waals surface area contributed by atoms with Crippen molar-refractivity contribution in [2.75, 3.05) is 0 Å². The van der Waals surface area contributed by atoms with Crippen molar-refractivity contribution in [2.24, 2.45) is 0 Å². The van der Waals surface area contributed by atoms with Crippen LogP contribution in [0.15, 0.2) is 54.6 Å². The molecule has 3 aromatic carbocycles. The quantitative estimate of drug-likeness (QED) is 0.379. The molecule has 0 unspecified atom stereocenters. The second kappa shape index (κ2) is 9.73. The number of aromatic hydroxyl groups is 1. The van der Waals surface area contributed by atoms with Crippen LogP contribution in [0.4, 0.5) is 0 Å². The number of hydrogen-bond acceptors (Lipinski definition) is 4. The van der Waals surface area contributed by atoms with E-state index < -0.39 is 0 Å². The molecule has 0 saturated carbocycles. The Hall–Kier alpha value is -3.53. The van der Waals surface area contributed by atoms with Gasteiger partial charge < -0.3 is 5.11 Å². The van der Waals surface area contributed by atoms with Crippen LogP contribution >= 0.6 is 0 Å². The normalized spacial score (nSPS) is 10.5. The summed E-state index contributed by atoms with van der Waals surface area (Å²) in [5.74, 6) is 1.84. The van der Waals surface area contributed by atoms with Crippen molar-refractivity contribution in [3.8, 4) is 39.9 Å². The molecule has 0 amide bonds. The first-order chi connectivity index (χ1) is 15.3. The molecule has 0 saturated heterocycles. The standard InChI is InChI=1S/C26H25N3O.C2H6/c1-15-6-9-20(18(4)12-15)24-27-25(21-10-7-16(2)13-19(21)5)29-26(28-24)22-11-8-17(3)14-23(22)30;1-2/h6-14,30H,1-5H3;1-2H3. The van der Waals surface area contributed by atoms with Crippen LogP contribution < -0.4 is 0 Å².